The molecule has 1 amide bonds. The number of carbonyl (C=O) groups excluding carboxylic acids is 2. The molecule has 0 aromatic heterocycles. The van der Waals surface area contributed by atoms with E-state index in [1.54, 1.807) is 0 Å². The lowest BCUT2D eigenvalue weighted by molar-refractivity contribution is -0.124. The lowest BCUT2D eigenvalue weighted by Crippen LogP contribution is -2.43. The summed E-state index contributed by atoms with van der Waals surface area (Å²) < 4.78 is 0. The molecule has 0 bridgehead atoms. The zero-order valence-corrected chi connectivity index (χ0v) is 9.04. The molecule has 0 saturated heterocycles. The molecule has 70 valence electrons. The van der Waals surface area contributed by atoms with Gasteiger partial charge in [-0.1, -0.05) is 0 Å². The third-order valence-electron chi connectivity index (χ3n) is 1.21. The van der Waals surface area contributed by atoms with Crippen molar-refractivity contribution in [3.63, 3.8) is 0 Å². The van der Waals surface area contributed by atoms with Gasteiger partial charge in [0.2, 0.25) is 5.91 Å². The van der Waals surface area contributed by atoms with E-state index in [2.05, 4.69) is 43.2 Å². The van der Waals surface area contributed by atoms with Crippen LogP contribution >= 0.6 is 37.9 Å². The van der Waals surface area contributed by atoms with Crippen LogP contribution in [-0.4, -0.2) is 35.0 Å². The minimum Gasteiger partial charge on any atom is -0.345 e. The topological polar surface area (TPSA) is 46.2 Å². The van der Waals surface area contributed by atoms with Crippen LogP contribution in [0.2, 0.25) is 0 Å². The van der Waals surface area contributed by atoms with Gasteiger partial charge in [0, 0.05) is 5.75 Å². The number of amides is 1. The van der Waals surface area contributed by atoms with E-state index in [1.807, 2.05) is 0 Å². The molecular formula is C6H11NO2S3. The van der Waals surface area contributed by atoms with E-state index in [1.165, 1.54) is 0 Å². The average Bonchev–Trinajstić information content (AvgIpc) is 2.12. The van der Waals surface area contributed by atoms with E-state index in [4.69, 9.17) is 0 Å². The standard InChI is InChI=1S/C6H11NO2S3/c8-5(2-11)4(1-10)7-6(9)3-12/h4,10-12H,1-3H2,(H,7,9). The molecule has 0 aliphatic heterocycles. The Bertz CT molecular complexity index is 174. The van der Waals surface area contributed by atoms with Crippen LogP contribution in [0.1, 0.15) is 0 Å². The number of carbonyl (C=O) groups is 2. The number of nitrogens with one attached hydrogen (secondary N) is 1. The van der Waals surface area contributed by atoms with Crippen molar-refractivity contribution in [3.05, 3.63) is 0 Å². The molecule has 0 aromatic rings. The van der Waals surface area contributed by atoms with Gasteiger partial charge in [-0.05, 0) is 0 Å². The Morgan fingerprint density at radius 2 is 1.75 bits per heavy atom. The van der Waals surface area contributed by atoms with Crippen molar-refractivity contribution in [1.82, 2.24) is 5.32 Å². The van der Waals surface area contributed by atoms with Crippen LogP contribution in [0.5, 0.6) is 0 Å². The smallest absolute Gasteiger partial charge is 0.230 e. The van der Waals surface area contributed by atoms with Crippen LogP contribution in [0.3, 0.4) is 0 Å². The lowest BCUT2D eigenvalue weighted by Gasteiger charge is -2.12. The Morgan fingerprint density at radius 1 is 1.17 bits per heavy atom. The molecule has 0 spiro atoms. The summed E-state index contributed by atoms with van der Waals surface area (Å²) in [6, 6.07) is -0.537. The van der Waals surface area contributed by atoms with E-state index < -0.39 is 6.04 Å². The number of hydrogen-bond donors (Lipinski definition) is 4. The van der Waals surface area contributed by atoms with Gasteiger partial charge in [0.25, 0.3) is 0 Å². The van der Waals surface area contributed by atoms with Crippen molar-refractivity contribution in [1.29, 1.82) is 0 Å². The molecule has 0 saturated carbocycles. The quantitative estimate of drug-likeness (QED) is 0.491. The highest BCUT2D eigenvalue weighted by Gasteiger charge is 2.16. The third-order valence-corrected chi connectivity index (χ3v) is 2.17. The highest BCUT2D eigenvalue weighted by molar-refractivity contribution is 7.81. The number of thiol groups is 3. The molecule has 3 nitrogen and oxygen atoms in total. The van der Waals surface area contributed by atoms with Crippen LogP contribution in [0.4, 0.5) is 0 Å². The van der Waals surface area contributed by atoms with Crippen molar-refractivity contribution in [3.8, 4) is 0 Å². The normalized spacial score (nSPS) is 12.2. The fraction of sp³-hybridized carbons (Fsp3) is 0.667. The molecule has 6 heteroatoms. The third kappa shape index (κ3) is 4.27. The first-order chi connectivity index (χ1) is 5.65. The Kier molecular flexibility index (Phi) is 6.78. The van der Waals surface area contributed by atoms with Crippen molar-refractivity contribution in [2.75, 3.05) is 17.3 Å². The fourth-order valence-electron chi connectivity index (χ4n) is 0.578. The molecule has 0 heterocycles. The zero-order valence-electron chi connectivity index (χ0n) is 6.36. The number of Topliss-reactive ketones (excluding diaryl/α,β-unsaturated/α-hetero) is 1. The van der Waals surface area contributed by atoms with Gasteiger partial charge >= 0.3 is 0 Å². The minimum absolute atomic E-state index is 0.0735. The molecule has 0 aliphatic carbocycles. The van der Waals surface area contributed by atoms with Crippen molar-refractivity contribution < 1.29 is 9.59 Å². The predicted octanol–water partition coefficient (Wildman–Crippen LogP) is -0.170. The van der Waals surface area contributed by atoms with Crippen LogP contribution in [0.15, 0.2) is 0 Å². The maximum atomic E-state index is 11.0. The molecular weight excluding hydrogens is 214 g/mol. The molecule has 12 heavy (non-hydrogen) atoms. The molecule has 1 N–H and O–H groups in total. The molecule has 1 unspecified atom stereocenters. The summed E-state index contributed by atoms with van der Waals surface area (Å²) in [6.45, 7) is 0. The summed E-state index contributed by atoms with van der Waals surface area (Å²) in [5, 5.41) is 2.48. The van der Waals surface area contributed by atoms with Gasteiger partial charge in [0.1, 0.15) is 0 Å². The van der Waals surface area contributed by atoms with Crippen LogP contribution < -0.4 is 5.32 Å². The second kappa shape index (κ2) is 6.68. The van der Waals surface area contributed by atoms with Gasteiger partial charge in [-0.15, -0.1) is 0 Å². The molecule has 0 fully saturated rings. The number of hydrogen-bond acceptors (Lipinski definition) is 5. The first kappa shape index (κ1) is 12.2. The highest BCUT2D eigenvalue weighted by Crippen LogP contribution is 1.93. The van der Waals surface area contributed by atoms with Gasteiger partial charge in [-0.25, -0.2) is 0 Å². The second-order valence-electron chi connectivity index (χ2n) is 2.09. The zero-order chi connectivity index (χ0) is 9.56. The molecule has 0 rings (SSSR count). The van der Waals surface area contributed by atoms with Gasteiger partial charge in [0.15, 0.2) is 5.78 Å². The van der Waals surface area contributed by atoms with E-state index in [-0.39, 0.29) is 23.2 Å². The molecule has 0 aliphatic rings. The second-order valence-corrected chi connectivity index (χ2v) is 3.08. The van der Waals surface area contributed by atoms with Crippen LogP contribution in [-0.2, 0) is 9.59 Å². The number of ketones is 1. The van der Waals surface area contributed by atoms with Crippen molar-refractivity contribution in [2.24, 2.45) is 0 Å². The van der Waals surface area contributed by atoms with Gasteiger partial charge in [-0.3, -0.25) is 9.59 Å². The van der Waals surface area contributed by atoms with Crippen molar-refractivity contribution in [2.45, 2.75) is 6.04 Å². The van der Waals surface area contributed by atoms with Gasteiger partial charge < -0.3 is 5.32 Å². The summed E-state index contributed by atoms with van der Waals surface area (Å²) >= 11 is 11.5. The Balaban J connectivity index is 3.99. The van der Waals surface area contributed by atoms with Crippen LogP contribution in [0.25, 0.3) is 0 Å². The lowest BCUT2D eigenvalue weighted by atomic mass is 10.2. The van der Waals surface area contributed by atoms with E-state index in [0.29, 0.717) is 5.75 Å². The monoisotopic (exact) mass is 225 g/mol. The Morgan fingerprint density at radius 3 is 2.08 bits per heavy atom. The minimum atomic E-state index is -0.537. The molecule has 0 aromatic carbocycles. The predicted molar refractivity (Wildman–Crippen MR) is 58.5 cm³/mol. The Labute approximate surface area is 87.9 Å². The summed E-state index contributed by atoms with van der Waals surface area (Å²) in [4.78, 5) is 21.8. The summed E-state index contributed by atoms with van der Waals surface area (Å²) in [7, 11) is 0. The summed E-state index contributed by atoms with van der Waals surface area (Å²) in [5.41, 5.74) is 0. The summed E-state index contributed by atoms with van der Waals surface area (Å²) in [6.07, 6.45) is 0. The first-order valence-corrected chi connectivity index (χ1v) is 5.20. The van der Waals surface area contributed by atoms with Gasteiger partial charge in [0.05, 0.1) is 17.5 Å². The maximum absolute atomic E-state index is 11.0. The van der Waals surface area contributed by atoms with Crippen molar-refractivity contribution >= 4 is 49.6 Å². The summed E-state index contributed by atoms with van der Waals surface area (Å²) in [5.74, 6) is 0.0668. The molecule has 0 radical (unpaired) electrons. The maximum Gasteiger partial charge on any atom is 0.230 e. The highest BCUT2D eigenvalue weighted by atomic mass is 32.1. The fourth-order valence-corrected chi connectivity index (χ4v) is 1.18. The first-order valence-electron chi connectivity index (χ1n) is 3.30. The van der Waals surface area contributed by atoms with E-state index in [0.717, 1.165) is 0 Å². The van der Waals surface area contributed by atoms with E-state index >= 15 is 0 Å². The van der Waals surface area contributed by atoms with Gasteiger partial charge in [-0.2, -0.15) is 37.9 Å². The SMILES string of the molecule is O=C(CS)NC(CS)C(=O)CS. The van der Waals surface area contributed by atoms with Crippen LogP contribution in [0, 0.1) is 0 Å². The average molecular weight is 225 g/mol. The largest absolute Gasteiger partial charge is 0.345 e. The van der Waals surface area contributed by atoms with E-state index in [9.17, 15) is 9.59 Å². The number of rotatable bonds is 5. The Hall–Kier alpha value is 0.190. The molecule has 1 atom stereocenters.